The van der Waals surface area contributed by atoms with Crippen LogP contribution in [-0.2, 0) is 0 Å². The van der Waals surface area contributed by atoms with Gasteiger partial charge in [-0.3, -0.25) is 9.59 Å². The molecule has 1 aromatic heterocycles. The molecule has 2 heterocycles. The van der Waals surface area contributed by atoms with Crippen LogP contribution in [0.25, 0.3) is 21.2 Å². The van der Waals surface area contributed by atoms with Crippen LogP contribution in [0, 0.1) is 0 Å². The summed E-state index contributed by atoms with van der Waals surface area (Å²) in [6, 6.07) is 19.6. The van der Waals surface area contributed by atoms with Gasteiger partial charge in [0.2, 0.25) is 6.79 Å². The molecule has 0 saturated heterocycles. The van der Waals surface area contributed by atoms with Crippen LogP contribution < -0.4 is 25.0 Å². The van der Waals surface area contributed by atoms with Crippen molar-refractivity contribution in [2.75, 3.05) is 19.2 Å². The molecule has 3 aromatic carbocycles. The molecule has 1 N–H and O–H groups in total. The molecule has 1 aliphatic rings. The Bertz CT molecular complexity index is 1380. The summed E-state index contributed by atoms with van der Waals surface area (Å²) in [4.78, 5) is 26.5. The maximum Gasteiger partial charge on any atom is 0.260 e. The maximum absolute atomic E-state index is 13.4. The smallest absolute Gasteiger partial charge is 0.260 e. The highest BCUT2D eigenvalue weighted by molar-refractivity contribution is 7.22. The molecular weight excluding hydrogens is 414 g/mol. The Labute approximate surface area is 181 Å². The minimum atomic E-state index is -0.356. The summed E-state index contributed by atoms with van der Waals surface area (Å²) in [7, 11) is 1.51. The maximum atomic E-state index is 13.4. The van der Waals surface area contributed by atoms with Gasteiger partial charge >= 0.3 is 0 Å². The number of para-hydroxylation sites is 1. The van der Waals surface area contributed by atoms with Gasteiger partial charge < -0.3 is 19.5 Å². The summed E-state index contributed by atoms with van der Waals surface area (Å²) in [5, 5.41) is 3.98. The Morgan fingerprint density at radius 3 is 2.65 bits per heavy atom. The van der Waals surface area contributed by atoms with Gasteiger partial charge in [-0.2, -0.15) is 0 Å². The predicted octanol–water partition coefficient (Wildman–Crippen LogP) is 4.92. The zero-order valence-corrected chi connectivity index (χ0v) is 17.3. The summed E-state index contributed by atoms with van der Waals surface area (Å²) >= 11 is 1.35. The standard InChI is InChI=1S/C24H17NO5S/c1-28-17-8-4-2-6-15(17)23(27)25-24-21(14-10-11-18-19(12-14)30-13-29-18)22(26)16-7-3-5-9-20(16)31-24/h2-12H,13H2,1H3,(H,25,27). The highest BCUT2D eigenvalue weighted by Crippen LogP contribution is 2.39. The Morgan fingerprint density at radius 2 is 1.77 bits per heavy atom. The second-order valence-corrected chi connectivity index (χ2v) is 7.91. The summed E-state index contributed by atoms with van der Waals surface area (Å²) in [5.41, 5.74) is 1.27. The number of amides is 1. The van der Waals surface area contributed by atoms with Crippen LogP contribution in [-0.4, -0.2) is 19.8 Å². The Morgan fingerprint density at radius 1 is 1.00 bits per heavy atom. The first kappa shape index (κ1) is 19.1. The molecule has 7 heteroatoms. The summed E-state index contributed by atoms with van der Waals surface area (Å²) in [5.74, 6) is 1.29. The van der Waals surface area contributed by atoms with Crippen molar-refractivity contribution in [1.82, 2.24) is 0 Å². The molecular formula is C24H17NO5S. The van der Waals surface area contributed by atoms with Gasteiger partial charge in [0.05, 0.1) is 18.2 Å². The molecule has 0 aliphatic carbocycles. The normalized spacial score (nSPS) is 12.0. The lowest BCUT2D eigenvalue weighted by molar-refractivity contribution is 0.102. The quantitative estimate of drug-likeness (QED) is 0.497. The van der Waals surface area contributed by atoms with Crippen molar-refractivity contribution in [3.8, 4) is 28.4 Å². The van der Waals surface area contributed by atoms with E-state index in [-0.39, 0.29) is 18.1 Å². The van der Waals surface area contributed by atoms with Gasteiger partial charge in [0, 0.05) is 10.1 Å². The topological polar surface area (TPSA) is 73.9 Å². The summed E-state index contributed by atoms with van der Waals surface area (Å²) in [6.07, 6.45) is 0. The number of hydrogen-bond acceptors (Lipinski definition) is 6. The van der Waals surface area contributed by atoms with Gasteiger partial charge in [-0.25, -0.2) is 0 Å². The first-order valence-electron chi connectivity index (χ1n) is 9.56. The van der Waals surface area contributed by atoms with E-state index in [1.807, 2.05) is 18.2 Å². The zero-order chi connectivity index (χ0) is 21.4. The molecule has 0 bridgehead atoms. The van der Waals surface area contributed by atoms with E-state index in [1.54, 1.807) is 48.5 Å². The summed E-state index contributed by atoms with van der Waals surface area (Å²) < 4.78 is 17.0. The molecule has 1 amide bonds. The zero-order valence-electron chi connectivity index (χ0n) is 16.5. The minimum absolute atomic E-state index is 0.140. The fourth-order valence-electron chi connectivity index (χ4n) is 3.55. The largest absolute Gasteiger partial charge is 0.496 e. The van der Waals surface area contributed by atoms with Crippen molar-refractivity contribution in [3.63, 3.8) is 0 Å². The van der Waals surface area contributed by atoms with E-state index < -0.39 is 0 Å². The number of anilines is 1. The lowest BCUT2D eigenvalue weighted by Crippen LogP contribution is -2.16. The van der Waals surface area contributed by atoms with Gasteiger partial charge in [-0.05, 0) is 42.0 Å². The minimum Gasteiger partial charge on any atom is -0.496 e. The molecule has 0 spiro atoms. The number of nitrogens with one attached hydrogen (secondary N) is 1. The van der Waals surface area contributed by atoms with Crippen molar-refractivity contribution in [2.24, 2.45) is 0 Å². The SMILES string of the molecule is COc1ccccc1C(=O)Nc1sc2ccccc2c(=O)c1-c1ccc2c(c1)OCO2. The first-order valence-corrected chi connectivity index (χ1v) is 10.4. The van der Waals surface area contributed by atoms with Crippen LogP contribution in [0.5, 0.6) is 17.2 Å². The fourth-order valence-corrected chi connectivity index (χ4v) is 4.64. The number of ether oxygens (including phenoxy) is 3. The highest BCUT2D eigenvalue weighted by atomic mass is 32.1. The Hall–Kier alpha value is -3.84. The van der Waals surface area contributed by atoms with E-state index in [1.165, 1.54) is 18.4 Å². The van der Waals surface area contributed by atoms with Crippen molar-refractivity contribution in [1.29, 1.82) is 0 Å². The fraction of sp³-hybridized carbons (Fsp3) is 0.0833. The number of benzene rings is 3. The molecule has 154 valence electrons. The monoisotopic (exact) mass is 431 g/mol. The van der Waals surface area contributed by atoms with Gasteiger partial charge in [0.1, 0.15) is 10.8 Å². The number of carbonyl (C=O) groups excluding carboxylic acids is 1. The van der Waals surface area contributed by atoms with Crippen LogP contribution in [0.4, 0.5) is 5.00 Å². The van der Waals surface area contributed by atoms with E-state index in [4.69, 9.17) is 14.2 Å². The molecule has 6 nitrogen and oxygen atoms in total. The van der Waals surface area contributed by atoms with Crippen molar-refractivity contribution < 1.29 is 19.0 Å². The first-order chi connectivity index (χ1) is 15.2. The van der Waals surface area contributed by atoms with E-state index in [0.717, 1.165) is 4.70 Å². The third-order valence-corrected chi connectivity index (χ3v) is 6.12. The highest BCUT2D eigenvalue weighted by Gasteiger charge is 2.21. The second-order valence-electron chi connectivity index (χ2n) is 6.85. The van der Waals surface area contributed by atoms with Gasteiger partial charge in [0.15, 0.2) is 16.9 Å². The van der Waals surface area contributed by atoms with Gasteiger partial charge in [0.25, 0.3) is 5.91 Å². The van der Waals surface area contributed by atoms with Gasteiger partial charge in [-0.15, -0.1) is 11.3 Å². The molecule has 4 aromatic rings. The third kappa shape index (κ3) is 3.39. The summed E-state index contributed by atoms with van der Waals surface area (Å²) in [6.45, 7) is 0.140. The van der Waals surface area contributed by atoms with E-state index in [2.05, 4.69) is 5.32 Å². The van der Waals surface area contributed by atoms with Gasteiger partial charge in [-0.1, -0.05) is 30.3 Å². The number of rotatable bonds is 4. The predicted molar refractivity (Wildman–Crippen MR) is 121 cm³/mol. The average Bonchev–Trinajstić information content (AvgIpc) is 3.27. The molecule has 0 unspecified atom stereocenters. The molecule has 0 fully saturated rings. The molecule has 0 atom stereocenters. The molecule has 5 rings (SSSR count). The van der Waals surface area contributed by atoms with E-state index >= 15 is 0 Å². The average molecular weight is 431 g/mol. The number of carbonyl (C=O) groups is 1. The second kappa shape index (κ2) is 7.77. The van der Waals surface area contributed by atoms with Crippen molar-refractivity contribution in [3.05, 3.63) is 82.5 Å². The molecule has 1 aliphatic heterocycles. The number of hydrogen-bond donors (Lipinski definition) is 1. The Balaban J connectivity index is 1.67. The van der Waals surface area contributed by atoms with Crippen LogP contribution in [0.1, 0.15) is 10.4 Å². The third-order valence-electron chi connectivity index (χ3n) is 5.04. The van der Waals surface area contributed by atoms with Crippen molar-refractivity contribution in [2.45, 2.75) is 0 Å². The Kier molecular flexibility index (Phi) is 4.80. The van der Waals surface area contributed by atoms with Crippen LogP contribution in [0.3, 0.4) is 0 Å². The lowest BCUT2D eigenvalue weighted by Gasteiger charge is -2.13. The molecule has 0 saturated carbocycles. The van der Waals surface area contributed by atoms with E-state index in [9.17, 15) is 9.59 Å². The molecule has 0 radical (unpaired) electrons. The van der Waals surface area contributed by atoms with Crippen molar-refractivity contribution >= 4 is 32.3 Å². The lowest BCUT2D eigenvalue weighted by atomic mass is 10.0. The van der Waals surface area contributed by atoms with Crippen LogP contribution >= 0.6 is 11.3 Å². The molecule has 31 heavy (non-hydrogen) atoms. The van der Waals surface area contributed by atoms with Crippen LogP contribution in [0.15, 0.2) is 71.5 Å². The van der Waals surface area contributed by atoms with E-state index in [0.29, 0.717) is 44.3 Å². The van der Waals surface area contributed by atoms with Crippen LogP contribution in [0.2, 0.25) is 0 Å². The number of methoxy groups -OCH3 is 1. The number of fused-ring (bicyclic) bond motifs is 2.